The van der Waals surface area contributed by atoms with E-state index in [9.17, 15) is 13.2 Å². The van der Waals surface area contributed by atoms with Crippen LogP contribution in [0.2, 0.25) is 0 Å². The molecule has 4 N–H and O–H groups in total. The minimum Gasteiger partial charge on any atom is -0.359 e. The Morgan fingerprint density at radius 1 is 1.32 bits per heavy atom. The standard InChI is InChI=1S/C12H19N3O3S/c1-9(13)10-3-5-11(6-4-10)19(17,18)15-8-7-12(16)14-2/h3-6,9,15H,7-8,13H2,1-2H3,(H,14,16). The van der Waals surface area contributed by atoms with Gasteiger partial charge in [0.1, 0.15) is 0 Å². The van der Waals surface area contributed by atoms with E-state index in [0.29, 0.717) is 0 Å². The van der Waals surface area contributed by atoms with Crippen molar-refractivity contribution in [1.82, 2.24) is 10.0 Å². The Bertz CT molecular complexity index is 524. The number of carbonyl (C=O) groups is 1. The van der Waals surface area contributed by atoms with Gasteiger partial charge in [-0.3, -0.25) is 4.79 Å². The van der Waals surface area contributed by atoms with Gasteiger partial charge < -0.3 is 11.1 Å². The van der Waals surface area contributed by atoms with E-state index < -0.39 is 10.0 Å². The molecule has 1 rings (SSSR count). The van der Waals surface area contributed by atoms with Gasteiger partial charge in [-0.05, 0) is 24.6 Å². The van der Waals surface area contributed by atoms with Crippen LogP contribution in [0.25, 0.3) is 0 Å². The van der Waals surface area contributed by atoms with Gasteiger partial charge in [0.25, 0.3) is 0 Å². The van der Waals surface area contributed by atoms with Gasteiger partial charge in [-0.25, -0.2) is 13.1 Å². The molecule has 0 aliphatic rings. The summed E-state index contributed by atoms with van der Waals surface area (Å²) in [4.78, 5) is 11.2. The summed E-state index contributed by atoms with van der Waals surface area (Å²) >= 11 is 0. The zero-order valence-corrected chi connectivity index (χ0v) is 11.8. The van der Waals surface area contributed by atoms with E-state index in [1.54, 1.807) is 12.1 Å². The van der Waals surface area contributed by atoms with E-state index in [1.165, 1.54) is 19.2 Å². The normalized spacial score (nSPS) is 13.0. The zero-order chi connectivity index (χ0) is 14.5. The highest BCUT2D eigenvalue weighted by molar-refractivity contribution is 7.89. The van der Waals surface area contributed by atoms with Crippen LogP contribution in [0.5, 0.6) is 0 Å². The SMILES string of the molecule is CNC(=O)CCNS(=O)(=O)c1ccc(C(C)N)cc1. The van der Waals surface area contributed by atoms with Gasteiger partial charge in [-0.2, -0.15) is 0 Å². The average molecular weight is 285 g/mol. The van der Waals surface area contributed by atoms with Gasteiger partial charge in [0, 0.05) is 26.1 Å². The third-order valence-corrected chi connectivity index (χ3v) is 4.12. The largest absolute Gasteiger partial charge is 0.359 e. The molecular weight excluding hydrogens is 266 g/mol. The molecule has 0 bridgehead atoms. The predicted molar refractivity (Wildman–Crippen MR) is 72.9 cm³/mol. The van der Waals surface area contributed by atoms with Crippen molar-refractivity contribution in [3.63, 3.8) is 0 Å². The lowest BCUT2D eigenvalue weighted by Gasteiger charge is -2.09. The van der Waals surface area contributed by atoms with Gasteiger partial charge in [0.15, 0.2) is 0 Å². The van der Waals surface area contributed by atoms with Crippen LogP contribution >= 0.6 is 0 Å². The lowest BCUT2D eigenvalue weighted by molar-refractivity contribution is -0.120. The van der Waals surface area contributed by atoms with Crippen LogP contribution in [0.1, 0.15) is 24.9 Å². The fraction of sp³-hybridized carbons (Fsp3) is 0.417. The molecule has 19 heavy (non-hydrogen) atoms. The van der Waals surface area contributed by atoms with Crippen LogP contribution in [0.4, 0.5) is 0 Å². The molecule has 0 aliphatic heterocycles. The number of nitrogens with two attached hydrogens (primary N) is 1. The van der Waals surface area contributed by atoms with Gasteiger partial charge >= 0.3 is 0 Å². The molecular formula is C12H19N3O3S. The number of rotatable bonds is 6. The molecule has 106 valence electrons. The summed E-state index contributed by atoms with van der Waals surface area (Å²) in [6, 6.07) is 6.22. The molecule has 1 aromatic carbocycles. The molecule has 0 spiro atoms. The third-order valence-electron chi connectivity index (χ3n) is 2.64. The van der Waals surface area contributed by atoms with Crippen molar-refractivity contribution in [3.8, 4) is 0 Å². The number of hydrogen-bond donors (Lipinski definition) is 3. The smallest absolute Gasteiger partial charge is 0.240 e. The second-order valence-corrected chi connectivity index (χ2v) is 5.95. The molecule has 0 heterocycles. The number of hydrogen-bond acceptors (Lipinski definition) is 4. The topological polar surface area (TPSA) is 101 Å². The fourth-order valence-corrected chi connectivity index (χ4v) is 2.49. The first kappa shape index (κ1) is 15.6. The Kier molecular flexibility index (Phi) is 5.46. The summed E-state index contributed by atoms with van der Waals surface area (Å²) in [6.45, 7) is 1.89. The summed E-state index contributed by atoms with van der Waals surface area (Å²) in [7, 11) is -2.07. The highest BCUT2D eigenvalue weighted by Crippen LogP contribution is 2.14. The van der Waals surface area contributed by atoms with Crippen molar-refractivity contribution in [2.45, 2.75) is 24.3 Å². The predicted octanol–water partition coefficient (Wildman–Crippen LogP) is 0.121. The molecule has 0 saturated carbocycles. The molecule has 0 saturated heterocycles. The maximum absolute atomic E-state index is 11.9. The molecule has 1 amide bonds. The molecule has 0 aromatic heterocycles. The number of nitrogens with one attached hydrogen (secondary N) is 2. The average Bonchev–Trinajstić information content (AvgIpc) is 2.38. The number of carbonyl (C=O) groups excluding carboxylic acids is 1. The van der Waals surface area contributed by atoms with Gasteiger partial charge in [-0.1, -0.05) is 12.1 Å². The van der Waals surface area contributed by atoms with Crippen LogP contribution in [-0.2, 0) is 14.8 Å². The van der Waals surface area contributed by atoms with E-state index >= 15 is 0 Å². The van der Waals surface area contributed by atoms with Crippen LogP contribution < -0.4 is 15.8 Å². The number of amides is 1. The molecule has 1 atom stereocenters. The Balaban J connectivity index is 2.69. The van der Waals surface area contributed by atoms with Gasteiger partial charge in [-0.15, -0.1) is 0 Å². The molecule has 0 radical (unpaired) electrons. The van der Waals surface area contributed by atoms with Gasteiger partial charge in [0.05, 0.1) is 4.90 Å². The Hall–Kier alpha value is -1.44. The molecule has 1 unspecified atom stereocenters. The summed E-state index contributed by atoms with van der Waals surface area (Å²) in [5, 5.41) is 2.42. The lowest BCUT2D eigenvalue weighted by Crippen LogP contribution is -2.29. The zero-order valence-electron chi connectivity index (χ0n) is 11.0. The summed E-state index contributed by atoms with van der Waals surface area (Å²) < 4.78 is 26.2. The van der Waals surface area contributed by atoms with Crippen molar-refractivity contribution in [1.29, 1.82) is 0 Å². The Morgan fingerprint density at radius 3 is 2.37 bits per heavy atom. The molecule has 1 aromatic rings. The first-order valence-corrected chi connectivity index (χ1v) is 7.41. The first-order chi connectivity index (χ1) is 8.86. The van der Waals surface area contributed by atoms with Crippen LogP contribution in [-0.4, -0.2) is 27.9 Å². The second kappa shape index (κ2) is 6.65. The highest BCUT2D eigenvalue weighted by Gasteiger charge is 2.14. The molecule has 6 nitrogen and oxygen atoms in total. The van der Waals surface area contributed by atoms with E-state index in [0.717, 1.165) is 5.56 Å². The minimum absolute atomic E-state index is 0.0665. The first-order valence-electron chi connectivity index (χ1n) is 5.92. The molecule has 0 aliphatic carbocycles. The van der Waals surface area contributed by atoms with E-state index in [2.05, 4.69) is 10.0 Å². The molecule has 7 heteroatoms. The maximum Gasteiger partial charge on any atom is 0.240 e. The van der Waals surface area contributed by atoms with E-state index in [1.807, 2.05) is 6.92 Å². The number of sulfonamides is 1. The Morgan fingerprint density at radius 2 is 1.89 bits per heavy atom. The third kappa shape index (κ3) is 4.62. The minimum atomic E-state index is -3.58. The summed E-state index contributed by atoms with van der Waals surface area (Å²) in [6.07, 6.45) is 0.105. The summed E-state index contributed by atoms with van der Waals surface area (Å²) in [5.41, 5.74) is 6.56. The van der Waals surface area contributed by atoms with Crippen molar-refractivity contribution >= 4 is 15.9 Å². The highest BCUT2D eigenvalue weighted by atomic mass is 32.2. The van der Waals surface area contributed by atoms with Crippen LogP contribution in [0.15, 0.2) is 29.2 Å². The lowest BCUT2D eigenvalue weighted by atomic mass is 10.1. The van der Waals surface area contributed by atoms with Crippen molar-refractivity contribution in [3.05, 3.63) is 29.8 Å². The Labute approximate surface area is 113 Å². The van der Waals surface area contributed by atoms with E-state index in [4.69, 9.17) is 5.73 Å². The van der Waals surface area contributed by atoms with E-state index in [-0.39, 0.29) is 29.8 Å². The van der Waals surface area contributed by atoms with Crippen LogP contribution in [0.3, 0.4) is 0 Å². The van der Waals surface area contributed by atoms with Crippen molar-refractivity contribution < 1.29 is 13.2 Å². The summed E-state index contributed by atoms with van der Waals surface area (Å²) in [5.74, 6) is -0.213. The monoisotopic (exact) mass is 285 g/mol. The molecule has 0 fully saturated rings. The second-order valence-electron chi connectivity index (χ2n) is 4.18. The number of benzene rings is 1. The van der Waals surface area contributed by atoms with Crippen LogP contribution in [0, 0.1) is 0 Å². The van der Waals surface area contributed by atoms with Gasteiger partial charge in [0.2, 0.25) is 15.9 Å². The quantitative estimate of drug-likeness (QED) is 0.691. The fourth-order valence-electron chi connectivity index (χ4n) is 1.46. The maximum atomic E-state index is 11.9. The van der Waals surface area contributed by atoms with Crippen molar-refractivity contribution in [2.75, 3.05) is 13.6 Å². The van der Waals surface area contributed by atoms with Crippen molar-refractivity contribution in [2.24, 2.45) is 5.73 Å².